The summed E-state index contributed by atoms with van der Waals surface area (Å²) in [6.45, 7) is 4.99. The number of nitrogens with zero attached hydrogens (tertiary/aromatic N) is 2. The molecule has 2 aromatic rings. The Labute approximate surface area is 187 Å². The molecule has 0 bridgehead atoms. The third-order valence-electron chi connectivity index (χ3n) is 5.40. The summed E-state index contributed by atoms with van der Waals surface area (Å²) in [5.41, 5.74) is 1.47. The maximum absolute atomic E-state index is 13.0. The minimum absolute atomic E-state index is 0. The van der Waals surface area contributed by atoms with Gasteiger partial charge in [0.1, 0.15) is 12.4 Å². The van der Waals surface area contributed by atoms with Crippen molar-refractivity contribution < 1.29 is 23.8 Å². The highest BCUT2D eigenvalue weighted by molar-refractivity contribution is 5.94. The summed E-state index contributed by atoms with van der Waals surface area (Å²) >= 11 is 0. The number of amides is 1. The van der Waals surface area contributed by atoms with E-state index in [4.69, 9.17) is 9.47 Å². The van der Waals surface area contributed by atoms with E-state index < -0.39 is 0 Å². The van der Waals surface area contributed by atoms with Crippen LogP contribution < -0.4 is 19.7 Å². The molecule has 2 aliphatic heterocycles. The number of rotatable bonds is 6. The number of para-hydroxylation sites is 1. The second-order valence-electron chi connectivity index (χ2n) is 7.43. The Hall–Kier alpha value is -2.55. The van der Waals surface area contributed by atoms with E-state index in [1.807, 2.05) is 18.2 Å². The number of nitrogens with one attached hydrogen (secondary N) is 1. The summed E-state index contributed by atoms with van der Waals surface area (Å²) < 4.78 is 24.6. The molecule has 9 heteroatoms. The number of benzene rings is 2. The van der Waals surface area contributed by atoms with Crippen molar-refractivity contribution in [1.82, 2.24) is 10.2 Å². The Bertz CT molecular complexity index is 876. The lowest BCUT2D eigenvalue weighted by Crippen LogP contribution is -2.48. The van der Waals surface area contributed by atoms with Gasteiger partial charge in [0.15, 0.2) is 17.6 Å². The predicted molar refractivity (Wildman–Crippen MR) is 118 cm³/mol. The Morgan fingerprint density at radius 3 is 2.58 bits per heavy atom. The second-order valence-corrected chi connectivity index (χ2v) is 7.43. The minimum atomic E-state index is -0.353. The first-order valence-electron chi connectivity index (χ1n) is 10.2. The minimum Gasteiger partial charge on any atom is -0.484 e. The molecule has 0 spiro atoms. The van der Waals surface area contributed by atoms with Crippen LogP contribution >= 0.6 is 12.4 Å². The van der Waals surface area contributed by atoms with E-state index in [0.29, 0.717) is 24.5 Å². The van der Waals surface area contributed by atoms with E-state index in [-0.39, 0.29) is 36.8 Å². The average molecular weight is 452 g/mol. The summed E-state index contributed by atoms with van der Waals surface area (Å²) in [7, 11) is 0. The monoisotopic (exact) mass is 451 g/mol. The first-order valence-corrected chi connectivity index (χ1v) is 10.2. The third-order valence-corrected chi connectivity index (χ3v) is 5.40. The molecule has 1 fully saturated rings. The summed E-state index contributed by atoms with van der Waals surface area (Å²) in [6.07, 6.45) is -0.324. The number of hydrogen-bond donors (Lipinski definition) is 2. The second kappa shape index (κ2) is 10.7. The normalized spacial score (nSPS) is 18.3. The summed E-state index contributed by atoms with van der Waals surface area (Å²) in [5, 5.41) is 12.2. The number of aliphatic hydroxyl groups is 1. The summed E-state index contributed by atoms with van der Waals surface area (Å²) in [6, 6.07) is 11.4. The molecule has 1 amide bonds. The van der Waals surface area contributed by atoms with Crippen LogP contribution in [0.15, 0.2) is 42.5 Å². The number of hydrogen-bond acceptors (Lipinski definition) is 6. The zero-order valence-corrected chi connectivity index (χ0v) is 17.9. The van der Waals surface area contributed by atoms with E-state index in [0.717, 1.165) is 44.2 Å². The standard InChI is InChI=1S/C22H26FN3O4.ClH/c23-17-6-4-16(5-7-17)22(28)24-8-9-25-10-12-26(13-11-25)19-2-1-3-20-21(19)29-15-18(14-27)30-20;/h1-7,18,27H,8-15H2,(H,24,28);1H/t18-;/m1./s1. The summed E-state index contributed by atoms with van der Waals surface area (Å²) in [4.78, 5) is 16.7. The topological polar surface area (TPSA) is 74.3 Å². The van der Waals surface area contributed by atoms with Gasteiger partial charge in [0.2, 0.25) is 0 Å². The molecular formula is C22H27ClFN3O4. The van der Waals surface area contributed by atoms with Crippen LogP contribution in [0.3, 0.4) is 0 Å². The first-order chi connectivity index (χ1) is 14.6. The summed E-state index contributed by atoms with van der Waals surface area (Å²) in [5.74, 6) is 0.864. The molecule has 31 heavy (non-hydrogen) atoms. The van der Waals surface area contributed by atoms with Crippen LogP contribution in [0.2, 0.25) is 0 Å². The number of fused-ring (bicyclic) bond motifs is 1. The smallest absolute Gasteiger partial charge is 0.251 e. The SMILES string of the molecule is Cl.O=C(NCCN1CCN(c2cccc3c2OC[C@@H](CO)O3)CC1)c1ccc(F)cc1. The van der Waals surface area contributed by atoms with Gasteiger partial charge in [0.05, 0.1) is 12.3 Å². The number of carbonyl (C=O) groups excluding carboxylic acids is 1. The molecule has 0 saturated carbocycles. The van der Waals surface area contributed by atoms with Gasteiger partial charge in [0, 0.05) is 44.8 Å². The maximum atomic E-state index is 13.0. The Kier molecular flexibility index (Phi) is 7.95. The molecule has 1 atom stereocenters. The lowest BCUT2D eigenvalue weighted by molar-refractivity contribution is 0.0459. The van der Waals surface area contributed by atoms with Gasteiger partial charge in [0.25, 0.3) is 5.91 Å². The first kappa shape index (κ1) is 23.1. The highest BCUT2D eigenvalue weighted by atomic mass is 35.5. The highest BCUT2D eigenvalue weighted by Crippen LogP contribution is 2.40. The van der Waals surface area contributed by atoms with E-state index in [2.05, 4.69) is 15.1 Å². The molecule has 2 heterocycles. The van der Waals surface area contributed by atoms with Gasteiger partial charge in [-0.1, -0.05) is 6.07 Å². The number of carbonyl (C=O) groups is 1. The molecule has 7 nitrogen and oxygen atoms in total. The Morgan fingerprint density at radius 1 is 1.13 bits per heavy atom. The van der Waals surface area contributed by atoms with Gasteiger partial charge in [-0.15, -0.1) is 12.4 Å². The number of anilines is 1. The highest BCUT2D eigenvalue weighted by Gasteiger charge is 2.26. The van der Waals surface area contributed by atoms with Gasteiger partial charge in [-0.2, -0.15) is 0 Å². The largest absolute Gasteiger partial charge is 0.484 e. The molecule has 168 valence electrons. The van der Waals surface area contributed by atoms with Crippen molar-refractivity contribution in [3.63, 3.8) is 0 Å². The fourth-order valence-electron chi connectivity index (χ4n) is 3.71. The van der Waals surface area contributed by atoms with Crippen LogP contribution in [0.4, 0.5) is 10.1 Å². The van der Waals surface area contributed by atoms with Crippen molar-refractivity contribution in [1.29, 1.82) is 0 Å². The van der Waals surface area contributed by atoms with Gasteiger partial charge in [-0.25, -0.2) is 4.39 Å². The van der Waals surface area contributed by atoms with Crippen molar-refractivity contribution in [3.05, 3.63) is 53.8 Å². The molecule has 0 aliphatic carbocycles. The van der Waals surface area contributed by atoms with E-state index in [1.54, 1.807) is 0 Å². The van der Waals surface area contributed by atoms with Crippen molar-refractivity contribution in [2.45, 2.75) is 6.10 Å². The number of ether oxygens (including phenoxy) is 2. The van der Waals surface area contributed by atoms with Crippen molar-refractivity contribution >= 4 is 24.0 Å². The third kappa shape index (κ3) is 5.58. The van der Waals surface area contributed by atoms with Crippen LogP contribution in [0, 0.1) is 5.82 Å². The van der Waals surface area contributed by atoms with Crippen LogP contribution in [0.1, 0.15) is 10.4 Å². The Balaban J connectivity index is 0.00000272. The zero-order chi connectivity index (χ0) is 20.9. The average Bonchev–Trinajstić information content (AvgIpc) is 2.79. The molecular weight excluding hydrogens is 425 g/mol. The van der Waals surface area contributed by atoms with Gasteiger partial charge in [-0.3, -0.25) is 9.69 Å². The number of piperazine rings is 1. The molecule has 2 aromatic carbocycles. The van der Waals surface area contributed by atoms with Crippen molar-refractivity contribution in [2.75, 3.05) is 57.4 Å². The van der Waals surface area contributed by atoms with Gasteiger partial charge < -0.3 is 24.8 Å². The van der Waals surface area contributed by atoms with Crippen LogP contribution in [-0.2, 0) is 0 Å². The molecule has 0 unspecified atom stereocenters. The predicted octanol–water partition coefficient (Wildman–Crippen LogP) is 1.93. The molecule has 2 aliphatic rings. The van der Waals surface area contributed by atoms with Crippen LogP contribution in [0.5, 0.6) is 11.5 Å². The van der Waals surface area contributed by atoms with Gasteiger partial charge in [-0.05, 0) is 36.4 Å². The molecule has 0 radical (unpaired) electrons. The maximum Gasteiger partial charge on any atom is 0.251 e. The van der Waals surface area contributed by atoms with E-state index in [1.165, 1.54) is 24.3 Å². The fourth-order valence-corrected chi connectivity index (χ4v) is 3.71. The quantitative estimate of drug-likeness (QED) is 0.699. The fraction of sp³-hybridized carbons (Fsp3) is 0.409. The molecule has 1 saturated heterocycles. The lowest BCUT2D eigenvalue weighted by Gasteiger charge is -2.38. The van der Waals surface area contributed by atoms with E-state index >= 15 is 0 Å². The zero-order valence-electron chi connectivity index (χ0n) is 17.1. The molecule has 4 rings (SSSR count). The van der Waals surface area contributed by atoms with Gasteiger partial charge >= 0.3 is 0 Å². The van der Waals surface area contributed by atoms with Crippen molar-refractivity contribution in [3.8, 4) is 11.5 Å². The van der Waals surface area contributed by atoms with Crippen LogP contribution in [-0.4, -0.2) is 74.5 Å². The van der Waals surface area contributed by atoms with Crippen LogP contribution in [0.25, 0.3) is 0 Å². The molecule has 0 aromatic heterocycles. The molecule has 2 N–H and O–H groups in total. The number of aliphatic hydroxyl groups excluding tert-OH is 1. The Morgan fingerprint density at radius 2 is 1.87 bits per heavy atom. The number of halogens is 2. The van der Waals surface area contributed by atoms with E-state index in [9.17, 15) is 14.3 Å². The van der Waals surface area contributed by atoms with Crippen molar-refractivity contribution in [2.24, 2.45) is 0 Å². The lowest BCUT2D eigenvalue weighted by atomic mass is 10.2.